The largest absolute Gasteiger partial charge is 0.465 e. The molecule has 0 saturated carbocycles. The van der Waals surface area contributed by atoms with Gasteiger partial charge in [-0.1, -0.05) is 0 Å². The van der Waals surface area contributed by atoms with E-state index in [1.165, 1.54) is 4.90 Å². The molecule has 0 aliphatic carbocycles. The maximum absolute atomic E-state index is 12.0. The number of carbonyl (C=O) groups excluding carboxylic acids is 2. The van der Waals surface area contributed by atoms with Gasteiger partial charge in [-0.25, -0.2) is 20.1 Å². The van der Waals surface area contributed by atoms with E-state index in [0.29, 0.717) is 24.4 Å². The Balaban J connectivity index is 1.79. The van der Waals surface area contributed by atoms with Crippen LogP contribution < -0.4 is 10.8 Å². The lowest BCUT2D eigenvalue weighted by molar-refractivity contribution is -0.139. The Bertz CT molecular complexity index is 444. The second kappa shape index (κ2) is 6.14. The molecule has 0 aromatic carbocycles. The molecule has 2 rings (SSSR count). The maximum atomic E-state index is 12.0. The van der Waals surface area contributed by atoms with Gasteiger partial charge in [-0.3, -0.25) is 14.8 Å². The van der Waals surface area contributed by atoms with E-state index in [-0.39, 0.29) is 12.6 Å². The van der Waals surface area contributed by atoms with E-state index in [2.05, 4.69) is 10.8 Å². The van der Waals surface area contributed by atoms with Crippen molar-refractivity contribution in [3.8, 4) is 0 Å². The summed E-state index contributed by atoms with van der Waals surface area (Å²) in [7, 11) is 0. The highest BCUT2D eigenvalue weighted by atomic mass is 16.7. The fraction of sp³-hybridized carbons (Fsp3) is 0.727. The number of nitrogens with one attached hydrogen (secondary N) is 2. The Labute approximate surface area is 120 Å². The predicted octanol–water partition coefficient (Wildman–Crippen LogP) is -0.652. The third kappa shape index (κ3) is 3.34. The minimum atomic E-state index is -1.18. The van der Waals surface area contributed by atoms with E-state index in [1.807, 2.05) is 0 Å². The number of hydrogen-bond donors (Lipinski definition) is 4. The molecule has 21 heavy (non-hydrogen) atoms. The van der Waals surface area contributed by atoms with Crippen molar-refractivity contribution < 1.29 is 29.5 Å². The molecule has 2 fully saturated rings. The first kappa shape index (κ1) is 15.3. The molecule has 10 nitrogen and oxygen atoms in total. The zero-order chi connectivity index (χ0) is 15.6. The van der Waals surface area contributed by atoms with Gasteiger partial charge in [0.1, 0.15) is 6.04 Å². The molecule has 2 aliphatic rings. The Morgan fingerprint density at radius 1 is 1.48 bits per heavy atom. The maximum Gasteiger partial charge on any atom is 0.404 e. The predicted molar refractivity (Wildman–Crippen MR) is 67.3 cm³/mol. The van der Waals surface area contributed by atoms with Crippen molar-refractivity contribution in [3.05, 3.63) is 0 Å². The van der Waals surface area contributed by atoms with Crippen LogP contribution in [0.1, 0.15) is 19.8 Å². The van der Waals surface area contributed by atoms with Crippen molar-refractivity contribution in [1.29, 1.82) is 0 Å². The summed E-state index contributed by atoms with van der Waals surface area (Å²) in [6.07, 6.45) is -0.208. The first-order valence-corrected chi connectivity index (χ1v) is 6.60. The van der Waals surface area contributed by atoms with Gasteiger partial charge >= 0.3 is 12.1 Å². The van der Waals surface area contributed by atoms with Crippen LogP contribution in [0.2, 0.25) is 0 Å². The fourth-order valence-electron chi connectivity index (χ4n) is 2.48. The molecule has 3 atom stereocenters. The van der Waals surface area contributed by atoms with Gasteiger partial charge in [0.15, 0.2) is 0 Å². The van der Waals surface area contributed by atoms with E-state index < -0.39 is 30.1 Å². The number of hydroxylamine groups is 3. The number of hydrogen-bond acceptors (Lipinski definition) is 5. The first-order valence-electron chi connectivity index (χ1n) is 6.60. The number of carboxylic acid groups (broad SMARTS) is 1. The Hall–Kier alpha value is -2.07. The molecule has 2 saturated heterocycles. The van der Waals surface area contributed by atoms with Gasteiger partial charge in [0.05, 0.1) is 18.7 Å². The Morgan fingerprint density at radius 2 is 2.19 bits per heavy atom. The minimum Gasteiger partial charge on any atom is -0.465 e. The number of fused-ring (bicyclic) bond motifs is 2. The molecule has 10 heteroatoms. The molecular weight excluding hydrogens is 284 g/mol. The second-order valence-electron chi connectivity index (χ2n) is 5.15. The standard InChI is InChI=1S/C11H18N4O6/c1-6(12-10(17)18)5-21-13-9(16)8-3-2-7-4-14(8)11(19)15(7)20/h6-8,12,20H,2-5H2,1H3,(H,13,16)(H,17,18)/t6-,7+,8-/m0/s1. The van der Waals surface area contributed by atoms with E-state index in [9.17, 15) is 19.6 Å². The molecule has 4 N–H and O–H groups in total. The van der Waals surface area contributed by atoms with Crippen LogP contribution in [0, 0.1) is 0 Å². The third-order valence-corrected chi connectivity index (χ3v) is 3.52. The molecule has 0 aromatic rings. The summed E-state index contributed by atoms with van der Waals surface area (Å²) in [6.45, 7) is 1.86. The van der Waals surface area contributed by atoms with E-state index in [1.54, 1.807) is 6.92 Å². The van der Waals surface area contributed by atoms with Crippen LogP contribution in [0.4, 0.5) is 9.59 Å². The van der Waals surface area contributed by atoms with Crippen molar-refractivity contribution in [2.24, 2.45) is 0 Å². The smallest absolute Gasteiger partial charge is 0.404 e. The van der Waals surface area contributed by atoms with Gasteiger partial charge in [-0.2, -0.15) is 0 Å². The molecule has 0 radical (unpaired) electrons. The summed E-state index contributed by atoms with van der Waals surface area (Å²) in [5.41, 5.74) is 2.21. The lowest BCUT2D eigenvalue weighted by Gasteiger charge is -2.29. The van der Waals surface area contributed by atoms with Crippen molar-refractivity contribution in [1.82, 2.24) is 20.8 Å². The highest BCUT2D eigenvalue weighted by molar-refractivity contribution is 5.87. The zero-order valence-corrected chi connectivity index (χ0v) is 11.5. The van der Waals surface area contributed by atoms with Crippen molar-refractivity contribution >= 4 is 18.0 Å². The normalized spacial score (nSPS) is 25.7. The Morgan fingerprint density at radius 3 is 2.86 bits per heavy atom. The van der Waals surface area contributed by atoms with Crippen LogP contribution in [0.25, 0.3) is 0 Å². The highest BCUT2D eigenvalue weighted by Gasteiger charge is 2.46. The summed E-state index contributed by atoms with van der Waals surface area (Å²) < 4.78 is 0. The topological polar surface area (TPSA) is 131 Å². The van der Waals surface area contributed by atoms with Crippen molar-refractivity contribution in [2.45, 2.75) is 37.9 Å². The van der Waals surface area contributed by atoms with Crippen LogP contribution in [0.15, 0.2) is 0 Å². The number of amides is 4. The van der Waals surface area contributed by atoms with Crippen LogP contribution in [0.5, 0.6) is 0 Å². The van der Waals surface area contributed by atoms with Crippen LogP contribution in [0.3, 0.4) is 0 Å². The summed E-state index contributed by atoms with van der Waals surface area (Å²) >= 11 is 0. The summed E-state index contributed by atoms with van der Waals surface area (Å²) in [5.74, 6) is -0.486. The molecule has 4 amide bonds. The quantitative estimate of drug-likeness (QED) is 0.394. The average Bonchev–Trinajstić information content (AvgIpc) is 2.63. The number of nitrogens with zero attached hydrogens (tertiary/aromatic N) is 2. The van der Waals surface area contributed by atoms with E-state index >= 15 is 0 Å². The number of carbonyl (C=O) groups is 3. The summed E-state index contributed by atoms with van der Waals surface area (Å²) in [5, 5.41) is 20.8. The van der Waals surface area contributed by atoms with E-state index in [4.69, 9.17) is 9.94 Å². The van der Waals surface area contributed by atoms with Crippen LogP contribution in [-0.2, 0) is 9.63 Å². The number of urea groups is 1. The summed E-state index contributed by atoms with van der Waals surface area (Å²) in [6, 6.07) is -2.02. The van der Waals surface area contributed by atoms with E-state index in [0.717, 1.165) is 0 Å². The molecule has 2 bridgehead atoms. The lowest BCUT2D eigenvalue weighted by atomic mass is 10.0. The summed E-state index contributed by atoms with van der Waals surface area (Å²) in [4.78, 5) is 40.3. The van der Waals surface area contributed by atoms with Crippen molar-refractivity contribution in [2.75, 3.05) is 13.2 Å². The molecule has 0 spiro atoms. The molecule has 118 valence electrons. The van der Waals surface area contributed by atoms with Gasteiger partial charge in [0.25, 0.3) is 5.91 Å². The monoisotopic (exact) mass is 302 g/mol. The third-order valence-electron chi connectivity index (χ3n) is 3.52. The van der Waals surface area contributed by atoms with Crippen molar-refractivity contribution in [3.63, 3.8) is 0 Å². The van der Waals surface area contributed by atoms with Gasteiger partial charge in [-0.15, -0.1) is 0 Å². The number of rotatable bonds is 5. The molecule has 0 aromatic heterocycles. The highest BCUT2D eigenvalue weighted by Crippen LogP contribution is 2.28. The van der Waals surface area contributed by atoms with Gasteiger partial charge in [0, 0.05) is 6.54 Å². The Kier molecular flexibility index (Phi) is 4.48. The fourth-order valence-corrected chi connectivity index (χ4v) is 2.48. The first-order chi connectivity index (χ1) is 9.90. The van der Waals surface area contributed by atoms with Crippen LogP contribution in [-0.4, -0.2) is 69.6 Å². The molecule has 2 heterocycles. The van der Waals surface area contributed by atoms with Gasteiger partial charge in [-0.05, 0) is 19.8 Å². The van der Waals surface area contributed by atoms with Gasteiger partial charge < -0.3 is 15.3 Å². The SMILES string of the molecule is C[C@@H](CONC(=O)[C@@H]1CC[C@@H]2CN1C(=O)N2O)NC(=O)O. The minimum absolute atomic E-state index is 0.0343. The average molecular weight is 302 g/mol. The zero-order valence-electron chi connectivity index (χ0n) is 11.5. The lowest BCUT2D eigenvalue weighted by Crippen LogP contribution is -2.50. The number of piperidine rings is 1. The second-order valence-corrected chi connectivity index (χ2v) is 5.15. The molecular formula is C11H18N4O6. The van der Waals surface area contributed by atoms with Gasteiger partial charge in [0.2, 0.25) is 0 Å². The van der Waals surface area contributed by atoms with Crippen LogP contribution >= 0.6 is 0 Å². The molecule has 0 unspecified atom stereocenters. The molecule has 2 aliphatic heterocycles.